The van der Waals surface area contributed by atoms with Gasteiger partial charge in [0.1, 0.15) is 9.90 Å². The van der Waals surface area contributed by atoms with Gasteiger partial charge in [0.15, 0.2) is 0 Å². The molecule has 2 heterocycles. The first kappa shape index (κ1) is 20.4. The Morgan fingerprint density at radius 3 is 2.61 bits per heavy atom. The van der Waals surface area contributed by atoms with Crippen molar-refractivity contribution in [3.63, 3.8) is 0 Å². The van der Waals surface area contributed by atoms with Crippen LogP contribution in [0.15, 0.2) is 29.2 Å². The van der Waals surface area contributed by atoms with Crippen LogP contribution in [0.5, 0.6) is 0 Å². The van der Waals surface area contributed by atoms with Crippen LogP contribution in [-0.4, -0.2) is 47.1 Å². The number of aromatic nitrogens is 3. The summed E-state index contributed by atoms with van der Waals surface area (Å²) in [5, 5.41) is 4.93. The Labute approximate surface area is 168 Å². The minimum Gasteiger partial charge on any atom is -0.338 e. The second-order valence-electron chi connectivity index (χ2n) is 6.74. The highest BCUT2D eigenvalue weighted by atomic mass is 32.2. The van der Waals surface area contributed by atoms with Crippen molar-refractivity contribution >= 4 is 37.5 Å². The lowest BCUT2D eigenvalue weighted by atomic mass is 10.3. The second-order valence-corrected chi connectivity index (χ2v) is 9.50. The first-order valence-corrected chi connectivity index (χ1v) is 11.0. The zero-order valence-corrected chi connectivity index (χ0v) is 18.1. The number of thiazole rings is 1. The number of carbonyl (C=O) groups excluding carboxylic acids is 1. The number of para-hydroxylation sites is 1. The third-order valence-corrected chi connectivity index (χ3v) is 7.31. The van der Waals surface area contributed by atoms with Crippen LogP contribution in [0.4, 0.5) is 0 Å². The van der Waals surface area contributed by atoms with Gasteiger partial charge in [-0.3, -0.25) is 9.48 Å². The number of benzene rings is 1. The van der Waals surface area contributed by atoms with E-state index in [9.17, 15) is 13.2 Å². The molecular weight excluding hydrogens is 398 g/mol. The van der Waals surface area contributed by atoms with Crippen molar-refractivity contribution in [3.05, 3.63) is 40.7 Å². The molecule has 0 saturated carbocycles. The van der Waals surface area contributed by atoms with Crippen LogP contribution in [-0.2, 0) is 28.4 Å². The van der Waals surface area contributed by atoms with E-state index in [1.165, 1.54) is 27.8 Å². The molecule has 0 saturated heterocycles. The molecule has 0 fully saturated rings. The lowest BCUT2D eigenvalue weighted by Crippen LogP contribution is -2.45. The highest BCUT2D eigenvalue weighted by Gasteiger charge is 2.29. The molecule has 0 aliphatic carbocycles. The number of nitrogens with zero attached hydrogens (tertiary/aromatic N) is 4. The number of sulfonamides is 1. The minimum atomic E-state index is -3.87. The number of carbonyl (C=O) groups is 1. The monoisotopic (exact) mass is 421 g/mol. The van der Waals surface area contributed by atoms with Crippen molar-refractivity contribution in [2.45, 2.75) is 38.3 Å². The van der Waals surface area contributed by atoms with Gasteiger partial charge in [-0.2, -0.15) is 9.82 Å². The van der Waals surface area contributed by atoms with Gasteiger partial charge in [-0.1, -0.05) is 12.1 Å². The van der Waals surface area contributed by atoms with E-state index in [2.05, 4.69) is 14.8 Å². The zero-order chi connectivity index (χ0) is 20.6. The fourth-order valence-corrected chi connectivity index (χ4v) is 5.74. The number of fused-ring (bicyclic) bond motifs is 1. The number of hydrogen-bond donors (Lipinski definition) is 1. The summed E-state index contributed by atoms with van der Waals surface area (Å²) >= 11 is 1.52. The molecule has 2 aromatic heterocycles. The fraction of sp³-hybridized carbons (Fsp3) is 0.389. The summed E-state index contributed by atoms with van der Waals surface area (Å²) in [6.45, 7) is 5.17. The molecule has 10 heteroatoms. The number of amides is 1. The average Bonchev–Trinajstić information content (AvgIpc) is 3.13. The molecule has 1 N–H and O–H groups in total. The Kier molecular flexibility index (Phi) is 5.55. The summed E-state index contributed by atoms with van der Waals surface area (Å²) < 4.78 is 30.5. The van der Waals surface area contributed by atoms with E-state index in [0.717, 1.165) is 15.2 Å². The van der Waals surface area contributed by atoms with E-state index in [-0.39, 0.29) is 10.8 Å². The molecule has 0 bridgehead atoms. The SMILES string of the molecule is Cc1nn(C)c(C)c1S(=O)(=O)N[C@H](C)C(=O)N(C)Cc1nc2ccccc2s1. The third-order valence-electron chi connectivity index (χ3n) is 4.50. The fourth-order valence-electron chi connectivity index (χ4n) is 3.08. The summed E-state index contributed by atoms with van der Waals surface area (Å²) in [4.78, 5) is 18.8. The maximum Gasteiger partial charge on any atom is 0.244 e. The van der Waals surface area contributed by atoms with Gasteiger partial charge in [0.05, 0.1) is 34.2 Å². The molecule has 0 aliphatic rings. The Hall–Kier alpha value is -2.30. The van der Waals surface area contributed by atoms with Gasteiger partial charge in [0.2, 0.25) is 15.9 Å². The molecule has 0 aliphatic heterocycles. The van der Waals surface area contributed by atoms with E-state index in [1.54, 1.807) is 27.9 Å². The van der Waals surface area contributed by atoms with Gasteiger partial charge in [-0.05, 0) is 32.9 Å². The van der Waals surface area contributed by atoms with Gasteiger partial charge < -0.3 is 4.90 Å². The van der Waals surface area contributed by atoms with Gasteiger partial charge in [0.25, 0.3) is 0 Å². The van der Waals surface area contributed by atoms with E-state index in [1.807, 2.05) is 24.3 Å². The molecule has 8 nitrogen and oxygen atoms in total. The van der Waals surface area contributed by atoms with Crippen LogP contribution in [0.1, 0.15) is 23.3 Å². The summed E-state index contributed by atoms with van der Waals surface area (Å²) in [5.41, 5.74) is 1.81. The highest BCUT2D eigenvalue weighted by molar-refractivity contribution is 7.89. The van der Waals surface area contributed by atoms with Crippen LogP contribution in [0.3, 0.4) is 0 Å². The number of likely N-dealkylation sites (N-methyl/N-ethyl adjacent to an activating group) is 1. The van der Waals surface area contributed by atoms with Gasteiger partial charge in [-0.25, -0.2) is 13.4 Å². The van der Waals surface area contributed by atoms with Gasteiger partial charge in [0, 0.05) is 14.1 Å². The molecule has 0 unspecified atom stereocenters. The zero-order valence-electron chi connectivity index (χ0n) is 16.4. The van der Waals surface area contributed by atoms with Crippen molar-refractivity contribution in [2.75, 3.05) is 7.05 Å². The summed E-state index contributed by atoms with van der Waals surface area (Å²) in [6.07, 6.45) is 0. The standard InChI is InChI=1S/C18H23N5O3S2/c1-11-17(13(3)23(5)20-11)28(25,26)21-12(2)18(24)22(4)10-16-19-14-8-6-7-9-15(14)27-16/h6-9,12,21H,10H2,1-5H3/t12-/m1/s1. The predicted molar refractivity (Wildman–Crippen MR) is 109 cm³/mol. The third kappa shape index (κ3) is 3.94. The molecule has 3 rings (SSSR count). The second kappa shape index (κ2) is 7.61. The summed E-state index contributed by atoms with van der Waals surface area (Å²) in [7, 11) is -0.545. The topological polar surface area (TPSA) is 97.2 Å². The Morgan fingerprint density at radius 1 is 1.32 bits per heavy atom. The van der Waals surface area contributed by atoms with Crippen molar-refractivity contribution in [1.82, 2.24) is 24.4 Å². The lowest BCUT2D eigenvalue weighted by Gasteiger charge is -2.21. The highest BCUT2D eigenvalue weighted by Crippen LogP contribution is 2.23. The first-order valence-electron chi connectivity index (χ1n) is 8.72. The maximum atomic E-state index is 12.8. The molecule has 3 aromatic rings. The molecular formula is C18H23N5O3S2. The summed E-state index contributed by atoms with van der Waals surface area (Å²) in [6, 6.07) is 6.85. The number of hydrogen-bond acceptors (Lipinski definition) is 6. The van der Waals surface area contributed by atoms with Crippen molar-refractivity contribution < 1.29 is 13.2 Å². The normalized spacial score (nSPS) is 13.0. The quantitative estimate of drug-likeness (QED) is 0.656. The molecule has 1 atom stereocenters. The maximum absolute atomic E-state index is 12.8. The minimum absolute atomic E-state index is 0.114. The molecule has 28 heavy (non-hydrogen) atoms. The average molecular weight is 422 g/mol. The van der Waals surface area contributed by atoms with Crippen LogP contribution in [0.2, 0.25) is 0 Å². The van der Waals surface area contributed by atoms with E-state index < -0.39 is 16.1 Å². The van der Waals surface area contributed by atoms with Crippen molar-refractivity contribution in [2.24, 2.45) is 7.05 Å². The van der Waals surface area contributed by atoms with E-state index in [0.29, 0.717) is 17.9 Å². The summed E-state index contributed by atoms with van der Waals surface area (Å²) in [5.74, 6) is -0.331. The van der Waals surface area contributed by atoms with E-state index >= 15 is 0 Å². The molecule has 1 amide bonds. The Morgan fingerprint density at radius 2 is 2.00 bits per heavy atom. The molecule has 150 valence electrons. The molecule has 0 spiro atoms. The van der Waals surface area contributed by atoms with Crippen LogP contribution in [0.25, 0.3) is 10.2 Å². The van der Waals surface area contributed by atoms with Crippen molar-refractivity contribution in [1.29, 1.82) is 0 Å². The first-order chi connectivity index (χ1) is 13.1. The smallest absolute Gasteiger partial charge is 0.244 e. The van der Waals surface area contributed by atoms with Gasteiger partial charge in [-0.15, -0.1) is 11.3 Å². The van der Waals surface area contributed by atoms with Crippen LogP contribution < -0.4 is 4.72 Å². The number of nitrogens with one attached hydrogen (secondary N) is 1. The number of aryl methyl sites for hydroxylation is 2. The molecule has 0 radical (unpaired) electrons. The molecule has 1 aromatic carbocycles. The van der Waals surface area contributed by atoms with Crippen molar-refractivity contribution in [3.8, 4) is 0 Å². The largest absolute Gasteiger partial charge is 0.338 e. The lowest BCUT2D eigenvalue weighted by molar-refractivity contribution is -0.131. The van der Waals surface area contributed by atoms with Gasteiger partial charge >= 0.3 is 0 Å². The Bertz CT molecular complexity index is 1100. The van der Waals surface area contributed by atoms with Crippen LogP contribution >= 0.6 is 11.3 Å². The predicted octanol–water partition coefficient (Wildman–Crippen LogP) is 1.97. The van der Waals surface area contributed by atoms with Crippen LogP contribution in [0, 0.1) is 13.8 Å². The Balaban J connectivity index is 1.72. The number of rotatable bonds is 6. The van der Waals surface area contributed by atoms with E-state index in [4.69, 9.17) is 0 Å².